The quantitative estimate of drug-likeness (QED) is 0.807. The van der Waals surface area contributed by atoms with E-state index < -0.39 is 0 Å². The highest BCUT2D eigenvalue weighted by Crippen LogP contribution is 2.09. The van der Waals surface area contributed by atoms with Crippen LogP contribution < -0.4 is 5.32 Å². The first-order chi connectivity index (χ1) is 8.04. The summed E-state index contributed by atoms with van der Waals surface area (Å²) in [5.74, 6) is 0.469. The van der Waals surface area contributed by atoms with Crippen molar-refractivity contribution >= 4 is 17.5 Å². The van der Waals surface area contributed by atoms with Gasteiger partial charge in [-0.2, -0.15) is 0 Å². The van der Waals surface area contributed by atoms with Crippen LogP contribution in [0.4, 0.5) is 4.39 Å². The van der Waals surface area contributed by atoms with Gasteiger partial charge in [-0.25, -0.2) is 4.39 Å². The average molecular weight is 258 g/mol. The smallest absolute Gasteiger partial charge is 0.251 e. The minimum atomic E-state index is -0.294. The Morgan fingerprint density at radius 1 is 1.53 bits per heavy atom. The Bertz CT molecular complexity index is 395. The van der Waals surface area contributed by atoms with Gasteiger partial charge in [-0.3, -0.25) is 4.79 Å². The van der Waals surface area contributed by atoms with Crippen LogP contribution in [0.1, 0.15) is 29.3 Å². The summed E-state index contributed by atoms with van der Waals surface area (Å²) in [6.45, 7) is 4.25. The fraction of sp³-hybridized carbons (Fsp3) is 0.462. The number of amides is 1. The number of hydrogen-bond acceptors (Lipinski definition) is 1. The molecule has 0 fully saturated rings. The van der Waals surface area contributed by atoms with Gasteiger partial charge in [-0.05, 0) is 43.0 Å². The first-order valence-corrected chi connectivity index (χ1v) is 6.18. The SMILES string of the molecule is Cc1cc(C(=O)NCC(C)CCCl)ccc1F. The number of carbonyl (C=O) groups excluding carboxylic acids is 1. The molecule has 0 heterocycles. The van der Waals surface area contributed by atoms with Crippen molar-refractivity contribution in [2.75, 3.05) is 12.4 Å². The molecular formula is C13H17ClFNO. The number of halogens is 2. The van der Waals surface area contributed by atoms with E-state index in [1.165, 1.54) is 12.1 Å². The highest BCUT2D eigenvalue weighted by atomic mass is 35.5. The molecule has 1 amide bonds. The normalized spacial score (nSPS) is 12.2. The first kappa shape index (κ1) is 14.0. The Morgan fingerprint density at radius 2 is 2.24 bits per heavy atom. The van der Waals surface area contributed by atoms with E-state index in [4.69, 9.17) is 11.6 Å². The Morgan fingerprint density at radius 3 is 2.82 bits per heavy atom. The van der Waals surface area contributed by atoms with Crippen LogP contribution >= 0.6 is 11.6 Å². The van der Waals surface area contributed by atoms with Gasteiger partial charge in [-0.1, -0.05) is 6.92 Å². The third kappa shape index (κ3) is 4.35. The highest BCUT2D eigenvalue weighted by Gasteiger charge is 2.09. The molecule has 0 aliphatic heterocycles. The molecule has 1 unspecified atom stereocenters. The molecule has 0 aromatic heterocycles. The second-order valence-electron chi connectivity index (χ2n) is 4.26. The molecule has 17 heavy (non-hydrogen) atoms. The molecular weight excluding hydrogens is 241 g/mol. The molecule has 0 spiro atoms. The number of rotatable bonds is 5. The molecule has 1 rings (SSSR count). The third-order valence-corrected chi connectivity index (χ3v) is 2.85. The minimum absolute atomic E-state index is 0.172. The number of hydrogen-bond donors (Lipinski definition) is 1. The van der Waals surface area contributed by atoms with Crippen LogP contribution in [-0.2, 0) is 0 Å². The zero-order chi connectivity index (χ0) is 12.8. The summed E-state index contributed by atoms with van der Waals surface area (Å²) in [4.78, 5) is 11.8. The van der Waals surface area contributed by atoms with Crippen LogP contribution in [0.3, 0.4) is 0 Å². The van der Waals surface area contributed by atoms with Gasteiger partial charge >= 0.3 is 0 Å². The van der Waals surface area contributed by atoms with E-state index >= 15 is 0 Å². The maximum absolute atomic E-state index is 13.0. The number of alkyl halides is 1. The number of aryl methyl sites for hydroxylation is 1. The zero-order valence-corrected chi connectivity index (χ0v) is 10.9. The van der Waals surface area contributed by atoms with E-state index in [9.17, 15) is 9.18 Å². The predicted molar refractivity (Wildman–Crippen MR) is 68.0 cm³/mol. The fourth-order valence-corrected chi connectivity index (χ4v) is 1.82. The second kappa shape index (κ2) is 6.60. The van der Waals surface area contributed by atoms with E-state index in [1.807, 2.05) is 6.92 Å². The predicted octanol–water partition coefficient (Wildman–Crippen LogP) is 3.13. The molecule has 0 bridgehead atoms. The fourth-order valence-electron chi connectivity index (χ4n) is 1.44. The standard InChI is InChI=1S/C13H17ClFNO/c1-9(5-6-14)8-16-13(17)11-3-4-12(15)10(2)7-11/h3-4,7,9H,5-6,8H2,1-2H3,(H,16,17). The molecule has 1 aromatic rings. The molecule has 94 valence electrons. The highest BCUT2D eigenvalue weighted by molar-refractivity contribution is 6.17. The van der Waals surface area contributed by atoms with Crippen molar-refractivity contribution in [2.45, 2.75) is 20.3 Å². The molecule has 0 radical (unpaired) electrons. The number of benzene rings is 1. The first-order valence-electron chi connectivity index (χ1n) is 5.65. The van der Waals surface area contributed by atoms with E-state index in [0.717, 1.165) is 6.42 Å². The molecule has 0 aliphatic rings. The minimum Gasteiger partial charge on any atom is -0.352 e. The van der Waals surface area contributed by atoms with Crippen LogP contribution in [0.15, 0.2) is 18.2 Å². The van der Waals surface area contributed by atoms with Gasteiger partial charge in [-0.15, -0.1) is 11.6 Å². The Balaban J connectivity index is 2.55. The average Bonchev–Trinajstić information content (AvgIpc) is 2.30. The van der Waals surface area contributed by atoms with Gasteiger partial charge in [0.25, 0.3) is 5.91 Å². The summed E-state index contributed by atoms with van der Waals surface area (Å²) in [5.41, 5.74) is 0.966. The van der Waals surface area contributed by atoms with E-state index in [2.05, 4.69) is 5.32 Å². The molecule has 0 saturated carbocycles. The van der Waals surface area contributed by atoms with E-state index in [0.29, 0.717) is 29.5 Å². The molecule has 0 aliphatic carbocycles. The lowest BCUT2D eigenvalue weighted by Gasteiger charge is -2.11. The van der Waals surface area contributed by atoms with Crippen molar-refractivity contribution < 1.29 is 9.18 Å². The monoisotopic (exact) mass is 257 g/mol. The van der Waals surface area contributed by atoms with Gasteiger partial charge in [0.15, 0.2) is 0 Å². The Labute approximate surface area is 106 Å². The molecule has 0 saturated heterocycles. The van der Waals surface area contributed by atoms with E-state index in [1.54, 1.807) is 13.0 Å². The topological polar surface area (TPSA) is 29.1 Å². The molecule has 2 nitrogen and oxygen atoms in total. The lowest BCUT2D eigenvalue weighted by molar-refractivity contribution is 0.0947. The lowest BCUT2D eigenvalue weighted by Crippen LogP contribution is -2.28. The van der Waals surface area contributed by atoms with E-state index in [-0.39, 0.29) is 11.7 Å². The summed E-state index contributed by atoms with van der Waals surface area (Å²) < 4.78 is 13.0. The number of nitrogens with one attached hydrogen (secondary N) is 1. The number of carbonyl (C=O) groups is 1. The summed E-state index contributed by atoms with van der Waals surface area (Å²) in [6, 6.07) is 4.35. The maximum Gasteiger partial charge on any atom is 0.251 e. The summed E-state index contributed by atoms with van der Waals surface area (Å²) in [7, 11) is 0. The van der Waals surface area contributed by atoms with Crippen LogP contribution in [-0.4, -0.2) is 18.3 Å². The van der Waals surface area contributed by atoms with Gasteiger partial charge in [0.05, 0.1) is 0 Å². The maximum atomic E-state index is 13.0. The van der Waals surface area contributed by atoms with Crippen LogP contribution in [0.25, 0.3) is 0 Å². The second-order valence-corrected chi connectivity index (χ2v) is 4.63. The van der Waals surface area contributed by atoms with Crippen molar-refractivity contribution in [1.29, 1.82) is 0 Å². The summed E-state index contributed by atoms with van der Waals surface area (Å²) in [6.07, 6.45) is 0.865. The zero-order valence-electron chi connectivity index (χ0n) is 10.1. The van der Waals surface area contributed by atoms with Crippen LogP contribution in [0.5, 0.6) is 0 Å². The van der Waals surface area contributed by atoms with Crippen molar-refractivity contribution in [1.82, 2.24) is 5.32 Å². The molecule has 1 N–H and O–H groups in total. The summed E-state index contributed by atoms with van der Waals surface area (Å²) >= 11 is 5.61. The lowest BCUT2D eigenvalue weighted by atomic mass is 10.1. The largest absolute Gasteiger partial charge is 0.352 e. The third-order valence-electron chi connectivity index (χ3n) is 2.63. The van der Waals surface area contributed by atoms with Crippen LogP contribution in [0.2, 0.25) is 0 Å². The van der Waals surface area contributed by atoms with Gasteiger partial charge in [0, 0.05) is 18.0 Å². The van der Waals surface area contributed by atoms with Gasteiger partial charge < -0.3 is 5.32 Å². The van der Waals surface area contributed by atoms with Crippen molar-refractivity contribution in [3.05, 3.63) is 35.1 Å². The van der Waals surface area contributed by atoms with Gasteiger partial charge in [0.1, 0.15) is 5.82 Å². The van der Waals surface area contributed by atoms with Crippen molar-refractivity contribution in [3.63, 3.8) is 0 Å². The molecule has 4 heteroatoms. The molecule has 1 aromatic carbocycles. The van der Waals surface area contributed by atoms with Crippen LogP contribution in [0, 0.1) is 18.7 Å². The Kier molecular flexibility index (Phi) is 5.42. The van der Waals surface area contributed by atoms with Crippen molar-refractivity contribution in [2.24, 2.45) is 5.92 Å². The Hall–Kier alpha value is -1.09. The summed E-state index contributed by atoms with van der Waals surface area (Å²) in [5, 5.41) is 2.81. The molecule has 1 atom stereocenters. The van der Waals surface area contributed by atoms with Gasteiger partial charge in [0.2, 0.25) is 0 Å². The van der Waals surface area contributed by atoms with Crippen molar-refractivity contribution in [3.8, 4) is 0 Å².